The van der Waals surface area contributed by atoms with Crippen LogP contribution < -0.4 is 10.1 Å². The molecule has 0 aromatic heterocycles. The van der Waals surface area contributed by atoms with Crippen LogP contribution in [0.15, 0.2) is 30.3 Å². The minimum atomic E-state index is -0.199. The van der Waals surface area contributed by atoms with Crippen molar-refractivity contribution in [1.82, 2.24) is 10.2 Å². The maximum Gasteiger partial charge on any atom is 0.260 e. The summed E-state index contributed by atoms with van der Waals surface area (Å²) in [5.74, 6) is 0.286. The average molecular weight is 278 g/mol. The number of hydrogen-bond acceptors (Lipinski definition) is 3. The molecule has 1 aromatic rings. The van der Waals surface area contributed by atoms with E-state index < -0.39 is 0 Å². The highest BCUT2D eigenvalue weighted by molar-refractivity contribution is 5.85. The molecule has 1 rings (SSSR count). The van der Waals surface area contributed by atoms with E-state index >= 15 is 0 Å². The number of carbonyl (C=O) groups excluding carboxylic acids is 2. The number of likely N-dealkylation sites (N-methyl/N-ethyl adjacent to an activating group) is 1. The third kappa shape index (κ3) is 5.73. The summed E-state index contributed by atoms with van der Waals surface area (Å²) in [6.07, 6.45) is 0. The zero-order valence-electron chi connectivity index (χ0n) is 12.3. The average Bonchev–Trinajstić information content (AvgIpc) is 2.42. The first-order chi connectivity index (χ1) is 9.52. The number of para-hydroxylation sites is 1. The molecule has 0 unspecified atom stereocenters. The number of nitrogens with one attached hydrogen (secondary N) is 1. The number of amides is 2. The summed E-state index contributed by atoms with van der Waals surface area (Å²) in [6.45, 7) is 6.08. The molecule has 110 valence electrons. The van der Waals surface area contributed by atoms with Crippen molar-refractivity contribution in [2.24, 2.45) is 0 Å². The van der Waals surface area contributed by atoms with Crippen molar-refractivity contribution in [3.63, 3.8) is 0 Å². The molecule has 0 atom stereocenters. The van der Waals surface area contributed by atoms with E-state index in [1.807, 2.05) is 39.0 Å². The molecule has 0 saturated carbocycles. The molecule has 0 radical (unpaired) electrons. The monoisotopic (exact) mass is 278 g/mol. The van der Waals surface area contributed by atoms with Crippen molar-refractivity contribution in [2.45, 2.75) is 26.8 Å². The summed E-state index contributed by atoms with van der Waals surface area (Å²) in [6, 6.07) is 9.20. The third-order valence-corrected chi connectivity index (χ3v) is 2.62. The van der Waals surface area contributed by atoms with Crippen LogP contribution in [0.4, 0.5) is 0 Å². The van der Waals surface area contributed by atoms with Gasteiger partial charge in [0.2, 0.25) is 5.91 Å². The Hall–Kier alpha value is -2.04. The number of hydrogen-bond donors (Lipinski definition) is 1. The first-order valence-corrected chi connectivity index (χ1v) is 6.78. The van der Waals surface area contributed by atoms with E-state index in [4.69, 9.17) is 4.74 Å². The van der Waals surface area contributed by atoms with Gasteiger partial charge < -0.3 is 15.0 Å². The van der Waals surface area contributed by atoms with Crippen molar-refractivity contribution in [2.75, 3.05) is 19.7 Å². The fourth-order valence-corrected chi connectivity index (χ4v) is 1.67. The Morgan fingerprint density at radius 3 is 2.45 bits per heavy atom. The summed E-state index contributed by atoms with van der Waals surface area (Å²) in [7, 11) is 0. The quantitative estimate of drug-likeness (QED) is 0.821. The molecule has 0 spiro atoms. The van der Waals surface area contributed by atoms with Gasteiger partial charge in [0.1, 0.15) is 5.75 Å². The van der Waals surface area contributed by atoms with Gasteiger partial charge in [0.25, 0.3) is 5.91 Å². The Labute approximate surface area is 119 Å². The molecule has 0 aliphatic rings. The fraction of sp³-hybridized carbons (Fsp3) is 0.467. The smallest absolute Gasteiger partial charge is 0.260 e. The Balaban J connectivity index is 2.44. The predicted octanol–water partition coefficient (Wildman–Crippen LogP) is 1.44. The number of benzene rings is 1. The highest BCUT2D eigenvalue weighted by Crippen LogP contribution is 2.08. The van der Waals surface area contributed by atoms with Gasteiger partial charge in [-0.15, -0.1) is 0 Å². The van der Waals surface area contributed by atoms with E-state index in [0.717, 1.165) is 0 Å². The van der Waals surface area contributed by atoms with Crippen LogP contribution in [0.1, 0.15) is 20.8 Å². The minimum Gasteiger partial charge on any atom is -0.484 e. The van der Waals surface area contributed by atoms with E-state index in [2.05, 4.69) is 5.32 Å². The maximum absolute atomic E-state index is 12.0. The maximum atomic E-state index is 12.0. The van der Waals surface area contributed by atoms with E-state index in [1.165, 1.54) is 4.90 Å². The number of nitrogens with zero attached hydrogens (tertiary/aromatic N) is 1. The van der Waals surface area contributed by atoms with Gasteiger partial charge in [-0.25, -0.2) is 0 Å². The Kier molecular flexibility index (Phi) is 6.56. The van der Waals surface area contributed by atoms with Gasteiger partial charge in [0.15, 0.2) is 6.61 Å². The molecular formula is C15H22N2O3. The molecule has 0 aliphatic carbocycles. The van der Waals surface area contributed by atoms with Crippen LogP contribution in [0.3, 0.4) is 0 Å². The zero-order valence-corrected chi connectivity index (χ0v) is 12.3. The molecule has 0 aliphatic heterocycles. The van der Waals surface area contributed by atoms with Crippen molar-refractivity contribution >= 4 is 11.8 Å². The van der Waals surface area contributed by atoms with Crippen LogP contribution in [-0.4, -0.2) is 42.5 Å². The zero-order chi connectivity index (χ0) is 15.0. The first-order valence-electron chi connectivity index (χ1n) is 6.78. The first kappa shape index (κ1) is 16.0. The lowest BCUT2D eigenvalue weighted by atomic mass is 10.3. The molecule has 2 amide bonds. The van der Waals surface area contributed by atoms with Crippen molar-refractivity contribution in [3.8, 4) is 5.75 Å². The molecule has 0 heterocycles. The van der Waals surface area contributed by atoms with Gasteiger partial charge in [0, 0.05) is 12.6 Å². The number of carbonyl (C=O) groups is 2. The largest absolute Gasteiger partial charge is 0.484 e. The van der Waals surface area contributed by atoms with Gasteiger partial charge in [-0.1, -0.05) is 18.2 Å². The highest BCUT2D eigenvalue weighted by atomic mass is 16.5. The second-order valence-electron chi connectivity index (χ2n) is 4.73. The van der Waals surface area contributed by atoms with Crippen LogP contribution in [0.2, 0.25) is 0 Å². The van der Waals surface area contributed by atoms with Crippen LogP contribution in [0.5, 0.6) is 5.75 Å². The lowest BCUT2D eigenvalue weighted by Gasteiger charge is -2.21. The van der Waals surface area contributed by atoms with Crippen molar-refractivity contribution < 1.29 is 14.3 Å². The number of ether oxygens (including phenoxy) is 1. The van der Waals surface area contributed by atoms with Crippen molar-refractivity contribution in [1.29, 1.82) is 0 Å². The lowest BCUT2D eigenvalue weighted by molar-refractivity contribution is -0.137. The summed E-state index contributed by atoms with van der Waals surface area (Å²) in [5.41, 5.74) is 0. The summed E-state index contributed by atoms with van der Waals surface area (Å²) < 4.78 is 5.39. The Morgan fingerprint density at radius 1 is 1.25 bits per heavy atom. The molecule has 0 bridgehead atoms. The van der Waals surface area contributed by atoms with E-state index in [-0.39, 0.29) is 31.0 Å². The molecule has 20 heavy (non-hydrogen) atoms. The Morgan fingerprint density at radius 2 is 1.90 bits per heavy atom. The van der Waals surface area contributed by atoms with E-state index in [9.17, 15) is 9.59 Å². The van der Waals surface area contributed by atoms with Gasteiger partial charge in [-0.05, 0) is 32.9 Å². The SMILES string of the molecule is CCN(CC(=O)NC(C)C)C(=O)COc1ccccc1. The van der Waals surface area contributed by atoms with Crippen molar-refractivity contribution in [3.05, 3.63) is 30.3 Å². The van der Waals surface area contributed by atoms with E-state index in [1.54, 1.807) is 12.1 Å². The lowest BCUT2D eigenvalue weighted by Crippen LogP contribution is -2.44. The summed E-state index contributed by atoms with van der Waals surface area (Å²) >= 11 is 0. The Bertz CT molecular complexity index is 432. The molecule has 0 fully saturated rings. The standard InChI is InChI=1S/C15H22N2O3/c1-4-17(10-14(18)16-12(2)3)15(19)11-20-13-8-6-5-7-9-13/h5-9,12H,4,10-11H2,1-3H3,(H,16,18). The third-order valence-electron chi connectivity index (χ3n) is 2.62. The molecular weight excluding hydrogens is 256 g/mol. The van der Waals surface area contributed by atoms with Crippen LogP contribution in [-0.2, 0) is 9.59 Å². The van der Waals surface area contributed by atoms with Gasteiger partial charge in [-0.3, -0.25) is 9.59 Å². The molecule has 5 nitrogen and oxygen atoms in total. The molecule has 0 saturated heterocycles. The molecule has 1 N–H and O–H groups in total. The number of rotatable bonds is 7. The van der Waals surface area contributed by atoms with Gasteiger partial charge >= 0.3 is 0 Å². The topological polar surface area (TPSA) is 58.6 Å². The molecule has 5 heteroatoms. The fourth-order valence-electron chi connectivity index (χ4n) is 1.67. The van der Waals surface area contributed by atoms with Crippen LogP contribution >= 0.6 is 0 Å². The highest BCUT2D eigenvalue weighted by Gasteiger charge is 2.16. The summed E-state index contributed by atoms with van der Waals surface area (Å²) in [4.78, 5) is 25.1. The summed E-state index contributed by atoms with van der Waals surface area (Å²) in [5, 5.41) is 2.76. The van der Waals surface area contributed by atoms with Gasteiger partial charge in [-0.2, -0.15) is 0 Å². The van der Waals surface area contributed by atoms with Crippen LogP contribution in [0, 0.1) is 0 Å². The van der Waals surface area contributed by atoms with E-state index in [0.29, 0.717) is 12.3 Å². The van der Waals surface area contributed by atoms with Gasteiger partial charge in [0.05, 0.1) is 6.54 Å². The second-order valence-corrected chi connectivity index (χ2v) is 4.73. The predicted molar refractivity (Wildman–Crippen MR) is 77.5 cm³/mol. The normalized spacial score (nSPS) is 10.2. The minimum absolute atomic E-state index is 0.0612. The molecule has 1 aromatic carbocycles. The van der Waals surface area contributed by atoms with Crippen LogP contribution in [0.25, 0.3) is 0 Å². The second kappa shape index (κ2) is 8.19.